The summed E-state index contributed by atoms with van der Waals surface area (Å²) in [6.45, 7) is 13.9. The minimum atomic E-state index is -0.445. The molecule has 25 heavy (non-hydrogen) atoms. The molecule has 0 spiro atoms. The molecule has 0 saturated carbocycles. The van der Waals surface area contributed by atoms with Gasteiger partial charge in [0.1, 0.15) is 5.60 Å². The van der Waals surface area contributed by atoms with Gasteiger partial charge in [0, 0.05) is 38.8 Å². The summed E-state index contributed by atoms with van der Waals surface area (Å²) in [6, 6.07) is 8.95. The molecule has 1 saturated heterocycles. The molecule has 0 bridgehead atoms. The molecular formula is C20H33N3O2. The van der Waals surface area contributed by atoms with Crippen molar-refractivity contribution in [3.63, 3.8) is 0 Å². The van der Waals surface area contributed by atoms with Gasteiger partial charge < -0.3 is 15.4 Å². The van der Waals surface area contributed by atoms with Gasteiger partial charge in [-0.25, -0.2) is 4.79 Å². The van der Waals surface area contributed by atoms with Crippen LogP contribution in [0, 0.1) is 5.92 Å². The highest BCUT2D eigenvalue weighted by Crippen LogP contribution is 2.30. The number of carbonyl (C=O) groups excluding carboxylic acids is 1. The highest BCUT2D eigenvalue weighted by Gasteiger charge is 2.30. The van der Waals surface area contributed by atoms with Crippen LogP contribution in [0.5, 0.6) is 0 Å². The third-order valence-corrected chi connectivity index (χ3v) is 4.55. The summed E-state index contributed by atoms with van der Waals surface area (Å²) in [5.74, 6) is 0.497. The van der Waals surface area contributed by atoms with E-state index in [2.05, 4.69) is 43.0 Å². The number of hydrogen-bond acceptors (Lipinski definition) is 4. The molecule has 1 aliphatic heterocycles. The van der Waals surface area contributed by atoms with E-state index in [9.17, 15) is 4.79 Å². The zero-order valence-electron chi connectivity index (χ0n) is 16.3. The number of nitrogens with zero attached hydrogens (tertiary/aromatic N) is 2. The third kappa shape index (κ3) is 5.44. The Hall–Kier alpha value is -1.59. The third-order valence-electron chi connectivity index (χ3n) is 4.55. The molecule has 1 unspecified atom stereocenters. The van der Waals surface area contributed by atoms with Crippen LogP contribution in [0.4, 0.5) is 4.79 Å². The SMILES string of the molecule is CC(C)C(c1ccc(CN)cc1)N1CCN(C(=O)OC(C)(C)C)CC1. The van der Waals surface area contributed by atoms with Gasteiger partial charge in [0.25, 0.3) is 0 Å². The van der Waals surface area contributed by atoms with Gasteiger partial charge in [-0.2, -0.15) is 0 Å². The molecule has 5 nitrogen and oxygen atoms in total. The van der Waals surface area contributed by atoms with Gasteiger partial charge >= 0.3 is 6.09 Å². The van der Waals surface area contributed by atoms with Crippen LogP contribution in [0.2, 0.25) is 0 Å². The summed E-state index contributed by atoms with van der Waals surface area (Å²) in [7, 11) is 0. The van der Waals surface area contributed by atoms with Crippen molar-refractivity contribution in [2.24, 2.45) is 11.7 Å². The molecule has 140 valence electrons. The van der Waals surface area contributed by atoms with E-state index in [1.807, 2.05) is 25.7 Å². The highest BCUT2D eigenvalue weighted by atomic mass is 16.6. The van der Waals surface area contributed by atoms with Crippen molar-refractivity contribution in [2.45, 2.75) is 52.8 Å². The van der Waals surface area contributed by atoms with Gasteiger partial charge in [-0.05, 0) is 37.8 Å². The predicted molar refractivity (Wildman–Crippen MR) is 101 cm³/mol. The van der Waals surface area contributed by atoms with Gasteiger partial charge in [-0.1, -0.05) is 38.1 Å². The average Bonchev–Trinajstić information content (AvgIpc) is 2.54. The summed E-state index contributed by atoms with van der Waals surface area (Å²) >= 11 is 0. The van der Waals surface area contributed by atoms with Crippen molar-refractivity contribution in [3.8, 4) is 0 Å². The second-order valence-electron chi connectivity index (χ2n) is 8.14. The van der Waals surface area contributed by atoms with E-state index in [0.29, 0.717) is 31.6 Å². The minimum absolute atomic E-state index is 0.208. The van der Waals surface area contributed by atoms with Gasteiger partial charge in [0.15, 0.2) is 0 Å². The Balaban J connectivity index is 2.01. The van der Waals surface area contributed by atoms with Crippen LogP contribution >= 0.6 is 0 Å². The molecule has 0 aliphatic carbocycles. The molecule has 1 amide bonds. The van der Waals surface area contributed by atoms with Crippen LogP contribution < -0.4 is 5.73 Å². The predicted octanol–water partition coefficient (Wildman–Crippen LogP) is 3.40. The van der Waals surface area contributed by atoms with E-state index in [1.54, 1.807) is 0 Å². The molecule has 1 fully saturated rings. The Bertz CT molecular complexity index is 555. The smallest absolute Gasteiger partial charge is 0.410 e. The van der Waals surface area contributed by atoms with Gasteiger partial charge in [0.05, 0.1) is 0 Å². The van der Waals surface area contributed by atoms with E-state index in [1.165, 1.54) is 5.56 Å². The number of rotatable bonds is 4. The number of amides is 1. The number of benzene rings is 1. The summed E-state index contributed by atoms with van der Waals surface area (Å²) in [6.07, 6.45) is -0.208. The maximum absolute atomic E-state index is 12.2. The topological polar surface area (TPSA) is 58.8 Å². The Morgan fingerprint density at radius 2 is 1.68 bits per heavy atom. The number of ether oxygens (including phenoxy) is 1. The lowest BCUT2D eigenvalue weighted by Gasteiger charge is -2.41. The van der Waals surface area contributed by atoms with Gasteiger partial charge in [-0.3, -0.25) is 4.90 Å². The largest absolute Gasteiger partial charge is 0.444 e. The lowest BCUT2D eigenvalue weighted by molar-refractivity contribution is 0.00748. The molecule has 0 aromatic heterocycles. The standard InChI is InChI=1S/C20H33N3O2/c1-15(2)18(17-8-6-16(14-21)7-9-17)22-10-12-23(13-11-22)19(24)25-20(3,4)5/h6-9,15,18H,10-14,21H2,1-5H3. The molecule has 2 rings (SSSR count). The van der Waals surface area contributed by atoms with Crippen LogP contribution in [0.25, 0.3) is 0 Å². The molecule has 0 radical (unpaired) electrons. The fourth-order valence-corrected chi connectivity index (χ4v) is 3.38. The van der Waals surface area contributed by atoms with E-state index in [0.717, 1.165) is 18.7 Å². The minimum Gasteiger partial charge on any atom is -0.444 e. The molecule has 1 aromatic carbocycles. The Morgan fingerprint density at radius 3 is 2.12 bits per heavy atom. The first kappa shape index (κ1) is 19.7. The number of nitrogens with two attached hydrogens (primary N) is 1. The van der Waals surface area contributed by atoms with Crippen LogP contribution in [0.3, 0.4) is 0 Å². The van der Waals surface area contributed by atoms with E-state index in [-0.39, 0.29) is 6.09 Å². The van der Waals surface area contributed by atoms with Crippen molar-refractivity contribution in [3.05, 3.63) is 35.4 Å². The van der Waals surface area contributed by atoms with Crippen molar-refractivity contribution in [2.75, 3.05) is 26.2 Å². The second kappa shape index (κ2) is 8.19. The van der Waals surface area contributed by atoms with Crippen LogP contribution in [0.15, 0.2) is 24.3 Å². The van der Waals surface area contributed by atoms with Crippen LogP contribution in [0.1, 0.15) is 51.8 Å². The lowest BCUT2D eigenvalue weighted by Crippen LogP contribution is -2.51. The molecule has 5 heteroatoms. The van der Waals surface area contributed by atoms with Crippen molar-refractivity contribution < 1.29 is 9.53 Å². The summed E-state index contributed by atoms with van der Waals surface area (Å²) in [5, 5.41) is 0. The zero-order chi connectivity index (χ0) is 18.6. The summed E-state index contributed by atoms with van der Waals surface area (Å²) in [4.78, 5) is 16.5. The average molecular weight is 348 g/mol. The van der Waals surface area contributed by atoms with E-state index >= 15 is 0 Å². The second-order valence-corrected chi connectivity index (χ2v) is 8.14. The lowest BCUT2D eigenvalue weighted by atomic mass is 9.93. The Kier molecular flexibility index (Phi) is 6.47. The van der Waals surface area contributed by atoms with Crippen molar-refractivity contribution in [1.82, 2.24) is 9.80 Å². The monoisotopic (exact) mass is 347 g/mol. The first-order chi connectivity index (χ1) is 11.7. The molecule has 1 heterocycles. The number of carbonyl (C=O) groups is 1. The Labute approximate surface area is 152 Å². The molecule has 1 aromatic rings. The van der Waals surface area contributed by atoms with Crippen molar-refractivity contribution in [1.29, 1.82) is 0 Å². The van der Waals surface area contributed by atoms with Crippen molar-refractivity contribution >= 4 is 6.09 Å². The quantitative estimate of drug-likeness (QED) is 0.907. The maximum atomic E-state index is 12.2. The van der Waals surface area contributed by atoms with Gasteiger partial charge in [0.2, 0.25) is 0 Å². The fraction of sp³-hybridized carbons (Fsp3) is 0.650. The highest BCUT2D eigenvalue weighted by molar-refractivity contribution is 5.68. The first-order valence-corrected chi connectivity index (χ1v) is 9.22. The number of hydrogen-bond donors (Lipinski definition) is 1. The normalized spacial score (nSPS) is 17.6. The van der Waals surface area contributed by atoms with E-state index in [4.69, 9.17) is 10.5 Å². The fourth-order valence-electron chi connectivity index (χ4n) is 3.38. The van der Waals surface area contributed by atoms with Crippen LogP contribution in [-0.2, 0) is 11.3 Å². The Morgan fingerprint density at radius 1 is 1.12 bits per heavy atom. The molecule has 2 N–H and O–H groups in total. The maximum Gasteiger partial charge on any atom is 0.410 e. The molecule has 1 atom stereocenters. The number of piperazine rings is 1. The van der Waals surface area contributed by atoms with Gasteiger partial charge in [-0.15, -0.1) is 0 Å². The molecule has 1 aliphatic rings. The molecular weight excluding hydrogens is 314 g/mol. The summed E-state index contributed by atoms with van der Waals surface area (Å²) in [5.41, 5.74) is 7.73. The van der Waals surface area contributed by atoms with Crippen LogP contribution in [-0.4, -0.2) is 47.7 Å². The van der Waals surface area contributed by atoms with E-state index < -0.39 is 5.60 Å². The zero-order valence-corrected chi connectivity index (χ0v) is 16.3. The first-order valence-electron chi connectivity index (χ1n) is 9.22. The summed E-state index contributed by atoms with van der Waals surface area (Å²) < 4.78 is 5.49.